The zero-order chi connectivity index (χ0) is 6.69. The van der Waals surface area contributed by atoms with Crippen LogP contribution in [0.15, 0.2) is 24.3 Å². The summed E-state index contributed by atoms with van der Waals surface area (Å²) in [6, 6.07) is 8.35. The van der Waals surface area contributed by atoms with Crippen molar-refractivity contribution in [1.82, 2.24) is 0 Å². The van der Waals surface area contributed by atoms with Crippen molar-refractivity contribution in [2.45, 2.75) is 6.92 Å². The summed E-state index contributed by atoms with van der Waals surface area (Å²) in [5, 5.41) is 0. The van der Waals surface area contributed by atoms with Gasteiger partial charge < -0.3 is 0 Å². The fraction of sp³-hybridized carbons (Fsp3) is 0.143. The Balaban J connectivity index is 2.88. The van der Waals surface area contributed by atoms with E-state index in [4.69, 9.17) is 9.95 Å². The van der Waals surface area contributed by atoms with E-state index in [0.717, 1.165) is 0 Å². The van der Waals surface area contributed by atoms with E-state index in [1.165, 1.54) is 9.91 Å². The van der Waals surface area contributed by atoms with Gasteiger partial charge in [0.1, 0.15) is 0 Å². The molecule has 0 bridgehead atoms. The van der Waals surface area contributed by atoms with Crippen LogP contribution in [0.4, 0.5) is 0 Å². The zero-order valence-electron chi connectivity index (χ0n) is 5.13. The Morgan fingerprint density at radius 2 is 1.78 bits per heavy atom. The summed E-state index contributed by atoms with van der Waals surface area (Å²) in [5.74, 6) is 0. The minimum atomic E-state index is -0.107. The first-order valence-electron chi connectivity index (χ1n) is 2.71. The Kier molecular flexibility index (Phi) is 2.62. The predicted octanol–water partition coefficient (Wildman–Crippen LogP) is 1.48. The molecule has 1 aromatic rings. The van der Waals surface area contributed by atoms with Crippen LogP contribution in [-0.2, 0) is 0 Å². The average molecular weight is 202 g/mol. The maximum atomic E-state index is 5.67. The number of halogens is 1. The van der Waals surface area contributed by atoms with Gasteiger partial charge in [0.25, 0.3) is 0 Å². The molecule has 0 unspecified atom stereocenters. The van der Waals surface area contributed by atoms with E-state index >= 15 is 0 Å². The van der Waals surface area contributed by atoms with Crippen LogP contribution in [0.1, 0.15) is 5.56 Å². The van der Waals surface area contributed by atoms with Crippen LogP contribution >= 0.6 is 9.95 Å². The van der Waals surface area contributed by atoms with Crippen molar-refractivity contribution in [3.8, 4) is 0 Å². The zero-order valence-corrected chi connectivity index (χ0v) is 7.77. The molecule has 0 aliphatic heterocycles. The molecule has 0 heterocycles. The van der Waals surface area contributed by atoms with Crippen LogP contribution in [-0.4, -0.2) is 14.8 Å². The average Bonchev–Trinajstić information content (AvgIpc) is 1.90. The Hall–Kier alpha value is 0.0684. The van der Waals surface area contributed by atoms with Crippen molar-refractivity contribution in [1.29, 1.82) is 0 Å². The van der Waals surface area contributed by atoms with Gasteiger partial charge >= 0.3 is 65.9 Å². The van der Waals surface area contributed by atoms with Crippen molar-refractivity contribution in [2.24, 2.45) is 0 Å². The molecule has 0 aromatic heterocycles. The quantitative estimate of drug-likeness (QED) is 0.604. The Bertz CT molecular complexity index is 181. The third-order valence-electron chi connectivity index (χ3n) is 1.13. The van der Waals surface area contributed by atoms with Crippen LogP contribution in [0, 0.1) is 6.92 Å². The van der Waals surface area contributed by atoms with Gasteiger partial charge in [0, 0.05) is 0 Å². The number of benzene rings is 1. The fourth-order valence-electron chi connectivity index (χ4n) is 0.601. The van der Waals surface area contributed by atoms with Crippen LogP contribution < -0.4 is 4.35 Å². The first kappa shape index (κ1) is 7.18. The Morgan fingerprint density at radius 3 is 2.22 bits per heavy atom. The van der Waals surface area contributed by atoms with Gasteiger partial charge in [0.15, 0.2) is 0 Å². The molecule has 0 saturated heterocycles. The fourth-order valence-corrected chi connectivity index (χ4v) is 1.74. The number of hydrogen-bond donors (Lipinski definition) is 0. The maximum absolute atomic E-state index is 5.67. The molecule has 1 aromatic carbocycles. The standard InChI is InChI=1S/C7H7AsCl/c1-6-2-4-7(8-9)5-3-6/h2-5H,1H3. The molecule has 9 heavy (non-hydrogen) atoms. The van der Waals surface area contributed by atoms with E-state index in [-0.39, 0.29) is 14.8 Å². The second-order valence-electron chi connectivity index (χ2n) is 1.92. The topological polar surface area (TPSA) is 0 Å². The summed E-state index contributed by atoms with van der Waals surface area (Å²) in [7, 11) is 5.67. The van der Waals surface area contributed by atoms with Crippen molar-refractivity contribution in [2.75, 3.05) is 0 Å². The molecule has 0 amide bonds. The number of rotatable bonds is 1. The van der Waals surface area contributed by atoms with Gasteiger partial charge in [0.2, 0.25) is 0 Å². The van der Waals surface area contributed by atoms with Gasteiger partial charge in [-0.15, -0.1) is 0 Å². The first-order valence-corrected chi connectivity index (χ1v) is 6.12. The molecule has 0 N–H and O–H groups in total. The molecule has 0 spiro atoms. The normalized spacial score (nSPS) is 10.9. The van der Waals surface area contributed by atoms with Gasteiger partial charge in [0.05, 0.1) is 0 Å². The molecular weight excluding hydrogens is 194 g/mol. The molecule has 1 rings (SSSR count). The Morgan fingerprint density at radius 1 is 1.22 bits per heavy atom. The van der Waals surface area contributed by atoms with E-state index in [1.807, 2.05) is 0 Å². The third-order valence-corrected chi connectivity index (χ3v) is 3.18. The molecular formula is C7H7AsCl. The molecule has 0 atom stereocenters. The summed E-state index contributed by atoms with van der Waals surface area (Å²) in [4.78, 5) is 0. The molecule has 0 aliphatic carbocycles. The van der Waals surface area contributed by atoms with Crippen molar-refractivity contribution in [3.05, 3.63) is 29.8 Å². The third kappa shape index (κ3) is 2.04. The molecule has 1 radical (unpaired) electrons. The summed E-state index contributed by atoms with van der Waals surface area (Å²) in [6.45, 7) is 2.08. The van der Waals surface area contributed by atoms with Gasteiger partial charge in [-0.2, -0.15) is 0 Å². The van der Waals surface area contributed by atoms with E-state index < -0.39 is 0 Å². The van der Waals surface area contributed by atoms with Crippen LogP contribution in [0.5, 0.6) is 0 Å². The summed E-state index contributed by atoms with van der Waals surface area (Å²) >= 11 is -0.107. The molecule has 47 valence electrons. The van der Waals surface area contributed by atoms with E-state index in [2.05, 4.69) is 31.2 Å². The SMILES string of the molecule is Cc1ccc([As]Cl)cc1. The van der Waals surface area contributed by atoms with Crippen LogP contribution in [0.25, 0.3) is 0 Å². The number of aryl methyl sites for hydroxylation is 1. The van der Waals surface area contributed by atoms with Crippen LogP contribution in [0.2, 0.25) is 0 Å². The molecule has 2 heteroatoms. The van der Waals surface area contributed by atoms with E-state index in [0.29, 0.717) is 0 Å². The molecule has 0 saturated carbocycles. The van der Waals surface area contributed by atoms with Crippen molar-refractivity contribution < 1.29 is 0 Å². The van der Waals surface area contributed by atoms with E-state index in [1.54, 1.807) is 0 Å². The monoisotopic (exact) mass is 201 g/mol. The summed E-state index contributed by atoms with van der Waals surface area (Å²) in [6.07, 6.45) is 0. The van der Waals surface area contributed by atoms with Gasteiger partial charge in [-0.3, -0.25) is 0 Å². The van der Waals surface area contributed by atoms with Crippen LogP contribution in [0.3, 0.4) is 0 Å². The second kappa shape index (κ2) is 3.29. The van der Waals surface area contributed by atoms with Gasteiger partial charge in [-0.1, -0.05) is 0 Å². The predicted molar refractivity (Wildman–Crippen MR) is 42.4 cm³/mol. The van der Waals surface area contributed by atoms with Crippen molar-refractivity contribution in [3.63, 3.8) is 0 Å². The second-order valence-corrected chi connectivity index (χ2v) is 4.24. The van der Waals surface area contributed by atoms with Gasteiger partial charge in [-0.25, -0.2) is 0 Å². The molecule has 0 nitrogen and oxygen atoms in total. The summed E-state index contributed by atoms with van der Waals surface area (Å²) < 4.78 is 1.28. The Labute approximate surface area is 66.1 Å². The molecule has 0 aliphatic rings. The minimum absolute atomic E-state index is 0.107. The van der Waals surface area contributed by atoms with E-state index in [9.17, 15) is 0 Å². The van der Waals surface area contributed by atoms with Crippen molar-refractivity contribution >= 4 is 29.1 Å². The number of hydrogen-bond acceptors (Lipinski definition) is 0. The first-order chi connectivity index (χ1) is 4.33. The molecule has 0 fully saturated rings. The van der Waals surface area contributed by atoms with Gasteiger partial charge in [-0.05, 0) is 0 Å². The summed E-state index contributed by atoms with van der Waals surface area (Å²) in [5.41, 5.74) is 1.30.